The summed E-state index contributed by atoms with van der Waals surface area (Å²) < 4.78 is 41.5. The molecule has 2 heterocycles. The minimum absolute atomic E-state index is 0.0303. The van der Waals surface area contributed by atoms with Crippen molar-refractivity contribution >= 4 is 39.3 Å². The molecule has 5 aromatic rings. The number of halogens is 2. The predicted octanol–water partition coefficient (Wildman–Crippen LogP) is 7.57. The highest BCUT2D eigenvalue weighted by molar-refractivity contribution is 7.22. The Morgan fingerprint density at radius 3 is 2.26 bits per heavy atom. The van der Waals surface area contributed by atoms with Gasteiger partial charge in [-0.1, -0.05) is 55.5 Å². The molecule has 5 rings (SSSR count). The molecule has 0 radical (unpaired) electrons. The van der Waals surface area contributed by atoms with Crippen molar-refractivity contribution in [2.24, 2.45) is 0 Å². The first kappa shape index (κ1) is 32.5. The summed E-state index contributed by atoms with van der Waals surface area (Å²) in [5.41, 5.74) is 2.37. The van der Waals surface area contributed by atoms with Gasteiger partial charge in [-0.15, -0.1) is 11.3 Å². The number of anilines is 1. The van der Waals surface area contributed by atoms with E-state index in [4.69, 9.17) is 9.47 Å². The van der Waals surface area contributed by atoms with Gasteiger partial charge < -0.3 is 19.4 Å². The molecular formula is C35H33F2N3O5S. The zero-order chi connectivity index (χ0) is 32.8. The quantitative estimate of drug-likeness (QED) is 0.149. The zero-order valence-corrected chi connectivity index (χ0v) is 26.5. The molecule has 0 atom stereocenters. The number of hydrogen-bond acceptors (Lipinski definition) is 7. The number of hydrogen-bond donors (Lipinski definition) is 1. The molecule has 0 saturated heterocycles. The SMILES string of the molecule is CCOC(=O)Oc1cn(Cc2c(F)cccc2F)c2sc(-c3ccc(NC(=O)CC)cc3)c(CN(C)Cc3ccccc3)c2c1=O. The number of amides is 1. The van der Waals surface area contributed by atoms with Gasteiger partial charge in [0.05, 0.1) is 24.7 Å². The molecule has 0 unspecified atom stereocenters. The zero-order valence-electron chi connectivity index (χ0n) is 25.6. The van der Waals surface area contributed by atoms with E-state index in [0.29, 0.717) is 35.6 Å². The molecule has 0 aliphatic carbocycles. The van der Waals surface area contributed by atoms with E-state index in [1.165, 1.54) is 28.2 Å². The van der Waals surface area contributed by atoms with Crippen LogP contribution in [0.1, 0.15) is 37.0 Å². The Bertz CT molecular complexity index is 1900. The molecule has 8 nitrogen and oxygen atoms in total. The molecule has 0 spiro atoms. The number of pyridine rings is 1. The molecule has 238 valence electrons. The summed E-state index contributed by atoms with van der Waals surface area (Å²) in [6.45, 7) is 4.03. The average Bonchev–Trinajstić information content (AvgIpc) is 3.41. The van der Waals surface area contributed by atoms with Crippen LogP contribution in [0.4, 0.5) is 19.3 Å². The summed E-state index contributed by atoms with van der Waals surface area (Å²) in [5, 5.41) is 3.10. The Kier molecular flexibility index (Phi) is 10.2. The highest BCUT2D eigenvalue weighted by Crippen LogP contribution is 2.40. The number of carbonyl (C=O) groups excluding carboxylic acids is 2. The maximum atomic E-state index is 14.9. The van der Waals surface area contributed by atoms with E-state index >= 15 is 0 Å². The van der Waals surface area contributed by atoms with Crippen molar-refractivity contribution in [2.45, 2.75) is 39.9 Å². The summed E-state index contributed by atoms with van der Waals surface area (Å²) in [6.07, 6.45) is 0.556. The Labute approximate surface area is 268 Å². The van der Waals surface area contributed by atoms with Crippen molar-refractivity contribution in [3.63, 3.8) is 0 Å². The van der Waals surface area contributed by atoms with Crippen molar-refractivity contribution in [3.05, 3.63) is 118 Å². The van der Waals surface area contributed by atoms with Crippen LogP contribution in [0.15, 0.2) is 83.8 Å². The van der Waals surface area contributed by atoms with Crippen LogP contribution in [-0.4, -0.2) is 35.2 Å². The number of benzene rings is 3. The van der Waals surface area contributed by atoms with Crippen molar-refractivity contribution in [1.82, 2.24) is 9.47 Å². The molecule has 3 aromatic carbocycles. The molecule has 0 saturated carbocycles. The smallest absolute Gasteiger partial charge is 0.434 e. The van der Waals surface area contributed by atoms with Crippen LogP contribution >= 0.6 is 11.3 Å². The largest absolute Gasteiger partial charge is 0.514 e. The monoisotopic (exact) mass is 645 g/mol. The third-order valence-electron chi connectivity index (χ3n) is 7.29. The van der Waals surface area contributed by atoms with Gasteiger partial charge in [-0.05, 0) is 54.9 Å². The highest BCUT2D eigenvalue weighted by Gasteiger charge is 2.25. The fourth-order valence-electron chi connectivity index (χ4n) is 5.11. The van der Waals surface area contributed by atoms with Crippen molar-refractivity contribution in [1.29, 1.82) is 0 Å². The van der Waals surface area contributed by atoms with E-state index in [2.05, 4.69) is 10.2 Å². The maximum Gasteiger partial charge on any atom is 0.514 e. The molecule has 0 aliphatic heterocycles. The Morgan fingerprint density at radius 2 is 1.61 bits per heavy atom. The van der Waals surface area contributed by atoms with E-state index in [0.717, 1.165) is 28.1 Å². The topological polar surface area (TPSA) is 89.9 Å². The number of carbonyl (C=O) groups is 2. The second-order valence-corrected chi connectivity index (χ2v) is 11.7. The number of rotatable bonds is 11. The molecule has 0 fully saturated rings. The van der Waals surface area contributed by atoms with Crippen molar-refractivity contribution in [2.75, 3.05) is 19.0 Å². The number of aromatic nitrogens is 1. The Morgan fingerprint density at radius 1 is 0.913 bits per heavy atom. The van der Waals surface area contributed by atoms with Gasteiger partial charge in [-0.3, -0.25) is 14.5 Å². The lowest BCUT2D eigenvalue weighted by molar-refractivity contribution is -0.115. The lowest BCUT2D eigenvalue weighted by atomic mass is 10.0. The number of ether oxygens (including phenoxy) is 2. The Hall–Kier alpha value is -4.87. The Balaban J connectivity index is 1.70. The van der Waals surface area contributed by atoms with Gasteiger partial charge in [0.25, 0.3) is 0 Å². The van der Waals surface area contributed by atoms with Crippen LogP contribution < -0.4 is 15.5 Å². The van der Waals surface area contributed by atoms with Gasteiger partial charge in [-0.25, -0.2) is 13.6 Å². The van der Waals surface area contributed by atoms with Gasteiger partial charge in [0.2, 0.25) is 11.3 Å². The van der Waals surface area contributed by atoms with Crippen LogP contribution in [0, 0.1) is 11.6 Å². The first-order valence-electron chi connectivity index (χ1n) is 14.8. The third kappa shape index (κ3) is 7.32. The molecule has 46 heavy (non-hydrogen) atoms. The van der Waals surface area contributed by atoms with Crippen LogP contribution in [0.5, 0.6) is 5.75 Å². The summed E-state index contributed by atoms with van der Waals surface area (Å²) in [6, 6.07) is 20.7. The van der Waals surface area contributed by atoms with Crippen molar-refractivity contribution < 1.29 is 27.8 Å². The maximum absolute atomic E-state index is 14.9. The minimum Gasteiger partial charge on any atom is -0.434 e. The lowest BCUT2D eigenvalue weighted by Crippen LogP contribution is -2.21. The van der Waals surface area contributed by atoms with E-state index in [1.54, 1.807) is 26.0 Å². The molecule has 2 aromatic heterocycles. The lowest BCUT2D eigenvalue weighted by Gasteiger charge is -2.18. The number of thiophene rings is 1. The molecule has 1 N–H and O–H groups in total. The van der Waals surface area contributed by atoms with Gasteiger partial charge in [-0.2, -0.15) is 0 Å². The molecule has 1 amide bonds. The summed E-state index contributed by atoms with van der Waals surface area (Å²) in [7, 11) is 1.93. The van der Waals surface area contributed by atoms with Crippen molar-refractivity contribution in [3.8, 4) is 16.2 Å². The van der Waals surface area contributed by atoms with Gasteiger partial charge in [0, 0.05) is 35.6 Å². The van der Waals surface area contributed by atoms with E-state index in [9.17, 15) is 23.2 Å². The highest BCUT2D eigenvalue weighted by atomic mass is 32.1. The molecule has 11 heteroatoms. The fraction of sp³-hybridized carbons (Fsp3) is 0.229. The van der Waals surface area contributed by atoms with E-state index in [-0.39, 0.29) is 35.8 Å². The average molecular weight is 646 g/mol. The van der Waals surface area contributed by atoms with Gasteiger partial charge in [0.1, 0.15) is 16.5 Å². The number of nitrogens with one attached hydrogen (secondary N) is 1. The fourth-order valence-corrected chi connectivity index (χ4v) is 6.40. The van der Waals surface area contributed by atoms with Gasteiger partial charge >= 0.3 is 6.16 Å². The van der Waals surface area contributed by atoms with E-state index in [1.807, 2.05) is 49.5 Å². The van der Waals surface area contributed by atoms with Crippen LogP contribution in [0.2, 0.25) is 0 Å². The van der Waals surface area contributed by atoms with Crippen LogP contribution in [0.25, 0.3) is 20.7 Å². The predicted molar refractivity (Wildman–Crippen MR) is 175 cm³/mol. The summed E-state index contributed by atoms with van der Waals surface area (Å²) in [5.74, 6) is -1.94. The first-order chi connectivity index (χ1) is 22.2. The minimum atomic E-state index is -1.06. The van der Waals surface area contributed by atoms with E-state index < -0.39 is 23.2 Å². The van der Waals surface area contributed by atoms with Crippen LogP contribution in [0.3, 0.4) is 0 Å². The molecular weight excluding hydrogens is 612 g/mol. The molecule has 0 aliphatic rings. The second-order valence-electron chi connectivity index (χ2n) is 10.7. The normalized spacial score (nSPS) is 11.2. The molecule has 0 bridgehead atoms. The first-order valence-corrected chi connectivity index (χ1v) is 15.6. The standard InChI is InChI=1S/C35H33F2N3O5S/c1-4-30(41)38-24-16-14-23(15-17-24)33-26(19-39(3)18-22-10-7-6-8-11-22)31-32(42)29(45-35(43)44-5-2)21-40(34(31)46-33)20-25-27(36)12-9-13-28(25)37/h6-17,21H,4-5,18-20H2,1-3H3,(H,38,41). The second kappa shape index (κ2) is 14.5. The van der Waals surface area contributed by atoms with Crippen LogP contribution in [-0.2, 0) is 29.2 Å². The summed E-state index contributed by atoms with van der Waals surface area (Å²) >= 11 is 1.29. The van der Waals surface area contributed by atoms with Gasteiger partial charge in [0.15, 0.2) is 5.75 Å². The number of fused-ring (bicyclic) bond motifs is 1. The third-order valence-corrected chi connectivity index (χ3v) is 8.61. The summed E-state index contributed by atoms with van der Waals surface area (Å²) in [4.78, 5) is 41.6. The number of nitrogens with zero attached hydrogens (tertiary/aromatic N) is 2.